The summed E-state index contributed by atoms with van der Waals surface area (Å²) in [7, 11) is 0. The Morgan fingerprint density at radius 3 is 2.76 bits per heavy atom. The summed E-state index contributed by atoms with van der Waals surface area (Å²) in [5.74, 6) is -0.229. The number of nitrogens with zero attached hydrogens (tertiary/aromatic N) is 2. The van der Waals surface area contributed by atoms with Crippen molar-refractivity contribution in [2.45, 2.75) is 31.7 Å². The van der Waals surface area contributed by atoms with Gasteiger partial charge in [-0.05, 0) is 30.9 Å². The van der Waals surface area contributed by atoms with Crippen LogP contribution in [0.5, 0.6) is 0 Å². The van der Waals surface area contributed by atoms with E-state index in [9.17, 15) is 19.7 Å². The monoisotopic (exact) mass is 289 g/mol. The van der Waals surface area contributed by atoms with Crippen molar-refractivity contribution in [3.8, 4) is 0 Å². The maximum atomic E-state index is 12.5. The quantitative estimate of drug-likeness (QED) is 0.506. The van der Waals surface area contributed by atoms with Crippen molar-refractivity contribution in [2.75, 3.05) is 6.54 Å². The van der Waals surface area contributed by atoms with Gasteiger partial charge in [0.1, 0.15) is 5.54 Å². The predicted molar refractivity (Wildman–Crippen MR) is 73.8 cm³/mol. The lowest BCUT2D eigenvalue weighted by atomic mass is 9.77. The van der Waals surface area contributed by atoms with E-state index in [1.54, 1.807) is 13.0 Å². The Labute approximate surface area is 121 Å². The van der Waals surface area contributed by atoms with Gasteiger partial charge >= 0.3 is 6.03 Å². The zero-order valence-electron chi connectivity index (χ0n) is 11.6. The average Bonchev–Trinajstić information content (AvgIpc) is 2.68. The van der Waals surface area contributed by atoms with E-state index in [1.165, 1.54) is 17.0 Å². The molecule has 2 aliphatic rings. The summed E-state index contributed by atoms with van der Waals surface area (Å²) in [5, 5.41) is 13.7. The molecule has 1 unspecified atom stereocenters. The molecule has 1 aliphatic heterocycles. The number of fused-ring (bicyclic) bond motifs is 1. The molecule has 1 aromatic rings. The van der Waals surface area contributed by atoms with Gasteiger partial charge in [-0.15, -0.1) is 0 Å². The smallest absolute Gasteiger partial charge is 0.323 e. The Morgan fingerprint density at radius 1 is 1.38 bits per heavy atom. The molecule has 1 spiro atoms. The van der Waals surface area contributed by atoms with Crippen LogP contribution >= 0.6 is 0 Å². The van der Waals surface area contributed by atoms with E-state index in [4.69, 9.17) is 0 Å². The topological polar surface area (TPSA) is 92.6 Å². The molecule has 0 radical (unpaired) electrons. The third kappa shape index (κ3) is 1.96. The van der Waals surface area contributed by atoms with Crippen LogP contribution in [0.2, 0.25) is 0 Å². The van der Waals surface area contributed by atoms with Gasteiger partial charge in [-0.3, -0.25) is 19.8 Å². The number of imide groups is 1. The van der Waals surface area contributed by atoms with Crippen LogP contribution in [0.4, 0.5) is 10.5 Å². The number of carbonyl (C=O) groups is 2. The summed E-state index contributed by atoms with van der Waals surface area (Å²) in [6.07, 6.45) is 1.46. The second-order valence-electron chi connectivity index (χ2n) is 5.45. The molecule has 1 fully saturated rings. The zero-order chi connectivity index (χ0) is 15.2. The molecule has 21 heavy (non-hydrogen) atoms. The van der Waals surface area contributed by atoms with Gasteiger partial charge in [0.25, 0.3) is 11.6 Å². The number of carbonyl (C=O) groups excluding carboxylic acids is 2. The number of non-ortho nitro benzene ring substituents is 1. The van der Waals surface area contributed by atoms with E-state index in [1.807, 2.05) is 0 Å². The minimum absolute atomic E-state index is 0.00919. The highest BCUT2D eigenvalue weighted by Crippen LogP contribution is 2.35. The number of likely N-dealkylation sites (N-methyl/N-ethyl adjacent to an activating group) is 1. The van der Waals surface area contributed by atoms with E-state index in [2.05, 4.69) is 5.32 Å². The normalized spacial score (nSPS) is 24.1. The Hall–Kier alpha value is -2.44. The highest BCUT2D eigenvalue weighted by Gasteiger charge is 2.51. The molecule has 0 aromatic heterocycles. The van der Waals surface area contributed by atoms with Gasteiger partial charge in [0.05, 0.1) is 4.92 Å². The minimum Gasteiger partial charge on any atom is -0.323 e. The fourth-order valence-corrected chi connectivity index (χ4v) is 3.15. The molecule has 7 heteroatoms. The summed E-state index contributed by atoms with van der Waals surface area (Å²) in [4.78, 5) is 35.9. The summed E-state index contributed by atoms with van der Waals surface area (Å²) in [5.41, 5.74) is 0.843. The average molecular weight is 289 g/mol. The van der Waals surface area contributed by atoms with Crippen molar-refractivity contribution in [1.82, 2.24) is 10.2 Å². The molecule has 3 amide bonds. The van der Waals surface area contributed by atoms with Gasteiger partial charge in [0, 0.05) is 25.1 Å². The first-order chi connectivity index (χ1) is 9.97. The van der Waals surface area contributed by atoms with Gasteiger partial charge < -0.3 is 5.32 Å². The molecule has 0 bridgehead atoms. The summed E-state index contributed by atoms with van der Waals surface area (Å²) >= 11 is 0. The van der Waals surface area contributed by atoms with Crippen molar-refractivity contribution in [2.24, 2.45) is 0 Å². The molecule has 0 saturated carbocycles. The van der Waals surface area contributed by atoms with Crippen LogP contribution in [-0.4, -0.2) is 33.8 Å². The highest BCUT2D eigenvalue weighted by molar-refractivity contribution is 6.07. The van der Waals surface area contributed by atoms with E-state index < -0.39 is 10.5 Å². The lowest BCUT2D eigenvalue weighted by Crippen LogP contribution is -2.51. The molecule has 1 aliphatic carbocycles. The van der Waals surface area contributed by atoms with E-state index in [-0.39, 0.29) is 17.6 Å². The number of benzene rings is 1. The number of aryl methyl sites for hydroxylation is 1. The summed E-state index contributed by atoms with van der Waals surface area (Å²) in [6, 6.07) is 4.34. The first-order valence-corrected chi connectivity index (χ1v) is 6.87. The Kier molecular flexibility index (Phi) is 2.93. The standard InChI is InChI=1S/C14H15N3O4/c1-2-16-12(18)14(15-13(16)19)6-5-9-3-4-11(17(20)21)7-10(9)8-14/h3-4,7H,2,5-6,8H2,1H3,(H,15,19). The van der Waals surface area contributed by atoms with Gasteiger partial charge in [0.15, 0.2) is 0 Å². The van der Waals surface area contributed by atoms with Crippen LogP contribution in [0.15, 0.2) is 18.2 Å². The lowest BCUT2D eigenvalue weighted by Gasteiger charge is -2.32. The van der Waals surface area contributed by atoms with Crippen LogP contribution in [-0.2, 0) is 17.6 Å². The predicted octanol–water partition coefficient (Wildman–Crippen LogP) is 1.39. The largest absolute Gasteiger partial charge is 0.325 e. The second-order valence-corrected chi connectivity index (χ2v) is 5.45. The number of rotatable bonds is 2. The molecule has 1 aromatic carbocycles. The third-order valence-electron chi connectivity index (χ3n) is 4.28. The highest BCUT2D eigenvalue weighted by atomic mass is 16.6. The SMILES string of the molecule is CCN1C(=O)NC2(CCc3ccc([N+](=O)[O-])cc3C2)C1=O. The van der Waals surface area contributed by atoms with Crippen LogP contribution in [0, 0.1) is 10.1 Å². The number of hydrogen-bond acceptors (Lipinski definition) is 4. The maximum absolute atomic E-state index is 12.5. The van der Waals surface area contributed by atoms with E-state index in [0.717, 1.165) is 11.1 Å². The van der Waals surface area contributed by atoms with Crippen molar-refractivity contribution in [3.05, 3.63) is 39.4 Å². The van der Waals surface area contributed by atoms with Crippen LogP contribution < -0.4 is 5.32 Å². The van der Waals surface area contributed by atoms with E-state index >= 15 is 0 Å². The molecular weight excluding hydrogens is 274 g/mol. The first-order valence-electron chi connectivity index (χ1n) is 6.87. The molecule has 1 heterocycles. The van der Waals surface area contributed by atoms with Crippen molar-refractivity contribution < 1.29 is 14.5 Å². The minimum atomic E-state index is -0.935. The first kappa shape index (κ1) is 13.5. The third-order valence-corrected chi connectivity index (χ3v) is 4.28. The summed E-state index contributed by atoms with van der Waals surface area (Å²) < 4.78 is 0. The number of amides is 3. The molecule has 7 nitrogen and oxygen atoms in total. The van der Waals surface area contributed by atoms with Crippen LogP contribution in [0.1, 0.15) is 24.5 Å². The zero-order valence-corrected chi connectivity index (χ0v) is 11.6. The van der Waals surface area contributed by atoms with Gasteiger partial charge in [-0.25, -0.2) is 4.79 Å². The van der Waals surface area contributed by atoms with Gasteiger partial charge in [-0.1, -0.05) is 6.07 Å². The Bertz CT molecular complexity index is 658. The fraction of sp³-hybridized carbons (Fsp3) is 0.429. The second kappa shape index (κ2) is 4.54. The molecule has 110 valence electrons. The number of nitro benzene ring substituents is 1. The van der Waals surface area contributed by atoms with Crippen molar-refractivity contribution in [3.63, 3.8) is 0 Å². The number of hydrogen-bond donors (Lipinski definition) is 1. The molecular formula is C14H15N3O4. The van der Waals surface area contributed by atoms with Crippen molar-refractivity contribution >= 4 is 17.6 Å². The maximum Gasteiger partial charge on any atom is 0.325 e. The Balaban J connectivity index is 1.97. The van der Waals surface area contributed by atoms with Gasteiger partial charge in [0.2, 0.25) is 0 Å². The molecule has 3 rings (SSSR count). The van der Waals surface area contributed by atoms with Crippen LogP contribution in [0.25, 0.3) is 0 Å². The van der Waals surface area contributed by atoms with E-state index in [0.29, 0.717) is 25.8 Å². The van der Waals surface area contributed by atoms with Crippen LogP contribution in [0.3, 0.4) is 0 Å². The van der Waals surface area contributed by atoms with Crippen molar-refractivity contribution in [1.29, 1.82) is 0 Å². The molecule has 1 saturated heterocycles. The summed E-state index contributed by atoms with van der Waals surface area (Å²) in [6.45, 7) is 2.08. The van der Waals surface area contributed by atoms with Gasteiger partial charge in [-0.2, -0.15) is 0 Å². The number of urea groups is 1. The molecule has 1 atom stereocenters. The number of nitrogens with one attached hydrogen (secondary N) is 1. The number of nitro groups is 1. The fourth-order valence-electron chi connectivity index (χ4n) is 3.15. The lowest BCUT2D eigenvalue weighted by molar-refractivity contribution is -0.384. The molecule has 1 N–H and O–H groups in total. The Morgan fingerprint density at radius 2 is 2.14 bits per heavy atom.